The zero-order valence-corrected chi connectivity index (χ0v) is 14.4. The van der Waals surface area contributed by atoms with E-state index >= 15 is 0 Å². The van der Waals surface area contributed by atoms with Gasteiger partial charge in [0.25, 0.3) is 0 Å². The third kappa shape index (κ3) is 3.39. The molecule has 24 heavy (non-hydrogen) atoms. The van der Waals surface area contributed by atoms with Crippen LogP contribution in [0.4, 0.5) is 0 Å². The maximum absolute atomic E-state index is 13.9. The lowest BCUT2D eigenvalue weighted by atomic mass is 10.1. The predicted molar refractivity (Wildman–Crippen MR) is 100 cm³/mol. The molecule has 3 rings (SSSR count). The van der Waals surface area contributed by atoms with Gasteiger partial charge in [0, 0.05) is 16.2 Å². The summed E-state index contributed by atoms with van der Waals surface area (Å²) in [4.78, 5) is 12.8. The molecule has 0 saturated carbocycles. The number of hydrogen-bond acceptors (Lipinski definition) is 2. The third-order valence-corrected chi connectivity index (χ3v) is 7.05. The third-order valence-electron chi connectivity index (χ3n) is 4.05. The van der Waals surface area contributed by atoms with E-state index in [1.807, 2.05) is 85.8 Å². The van der Waals surface area contributed by atoms with Crippen molar-refractivity contribution in [3.63, 3.8) is 0 Å². The molecule has 0 aliphatic carbocycles. The Morgan fingerprint density at radius 2 is 1.33 bits per heavy atom. The van der Waals surface area contributed by atoms with Crippen LogP contribution < -0.4 is 10.6 Å². The molecule has 0 saturated heterocycles. The van der Waals surface area contributed by atoms with Crippen LogP contribution in [0, 0.1) is 6.92 Å². The molecule has 0 atom stereocenters. The van der Waals surface area contributed by atoms with Gasteiger partial charge in [0.2, 0.25) is 0 Å². The van der Waals surface area contributed by atoms with Crippen molar-refractivity contribution in [3.05, 3.63) is 96.1 Å². The molecule has 0 fully saturated rings. The Kier molecular flexibility index (Phi) is 4.78. The average molecular weight is 334 g/mol. The van der Waals surface area contributed by atoms with E-state index in [0.29, 0.717) is 5.56 Å². The molecule has 0 aromatic heterocycles. The second-order valence-corrected chi connectivity index (χ2v) is 8.69. The van der Waals surface area contributed by atoms with E-state index < -0.39 is 7.14 Å². The fourth-order valence-electron chi connectivity index (χ4n) is 2.78. The lowest BCUT2D eigenvalue weighted by Crippen LogP contribution is -2.22. The van der Waals surface area contributed by atoms with Crippen LogP contribution in [-0.2, 0) is 4.57 Å². The highest BCUT2D eigenvalue weighted by atomic mass is 31.2. The van der Waals surface area contributed by atoms with Crippen molar-refractivity contribution < 1.29 is 9.36 Å². The van der Waals surface area contributed by atoms with Crippen LogP contribution in [0.3, 0.4) is 0 Å². The smallest absolute Gasteiger partial charge is 0.170 e. The number of hydrogen-bond donors (Lipinski definition) is 0. The van der Waals surface area contributed by atoms with Crippen LogP contribution in [0.1, 0.15) is 15.9 Å². The summed E-state index contributed by atoms with van der Waals surface area (Å²) in [5, 5.41) is 1.44. The largest absolute Gasteiger partial charge is 0.313 e. The summed E-state index contributed by atoms with van der Waals surface area (Å²) in [6, 6.07) is 26.1. The van der Waals surface area contributed by atoms with E-state index in [0.717, 1.165) is 16.2 Å². The van der Waals surface area contributed by atoms with Crippen molar-refractivity contribution in [2.24, 2.45) is 0 Å². The van der Waals surface area contributed by atoms with Crippen LogP contribution in [0.5, 0.6) is 0 Å². The highest BCUT2D eigenvalue weighted by molar-refractivity contribution is 7.79. The van der Waals surface area contributed by atoms with Gasteiger partial charge in [-0.15, -0.1) is 0 Å². The highest BCUT2D eigenvalue weighted by Crippen LogP contribution is 2.43. The first kappa shape index (κ1) is 16.4. The Hall–Kier alpha value is -2.44. The summed E-state index contributed by atoms with van der Waals surface area (Å²) in [6.45, 7) is 1.95. The van der Waals surface area contributed by atoms with Crippen molar-refractivity contribution in [1.82, 2.24) is 0 Å². The minimum Gasteiger partial charge on any atom is -0.313 e. The van der Waals surface area contributed by atoms with E-state index in [-0.39, 0.29) is 11.9 Å². The standard InChI is InChI=1S/C21H19O2P/c1-17-9-8-10-18(15-17)21(22)16-24(23,19-11-4-2-5-12-19)20-13-6-3-7-14-20/h2-15H,16H2,1H3. The first-order chi connectivity index (χ1) is 11.6. The molecule has 0 heterocycles. The van der Waals surface area contributed by atoms with Gasteiger partial charge in [0.05, 0.1) is 6.16 Å². The molecule has 3 aromatic rings. The number of carbonyl (C=O) groups is 1. The van der Waals surface area contributed by atoms with Crippen LogP contribution in [0.2, 0.25) is 0 Å². The Morgan fingerprint density at radius 1 is 0.792 bits per heavy atom. The van der Waals surface area contributed by atoms with Gasteiger partial charge < -0.3 is 4.57 Å². The quantitative estimate of drug-likeness (QED) is 0.518. The van der Waals surface area contributed by atoms with Gasteiger partial charge in [-0.3, -0.25) is 4.79 Å². The Morgan fingerprint density at radius 3 is 1.83 bits per heavy atom. The predicted octanol–water partition coefficient (Wildman–Crippen LogP) is 4.19. The van der Waals surface area contributed by atoms with Gasteiger partial charge in [-0.2, -0.15) is 0 Å². The first-order valence-corrected chi connectivity index (χ1v) is 9.79. The molecule has 120 valence electrons. The molecule has 3 aromatic carbocycles. The van der Waals surface area contributed by atoms with Gasteiger partial charge >= 0.3 is 0 Å². The average Bonchev–Trinajstić information content (AvgIpc) is 2.63. The van der Waals surface area contributed by atoms with Gasteiger partial charge in [0.1, 0.15) is 0 Å². The van der Waals surface area contributed by atoms with Crippen LogP contribution in [-0.4, -0.2) is 11.9 Å². The second kappa shape index (κ2) is 6.98. The summed E-state index contributed by atoms with van der Waals surface area (Å²) in [6.07, 6.45) is 0.00444. The Labute approximate surface area is 142 Å². The van der Waals surface area contributed by atoms with E-state index in [1.54, 1.807) is 6.07 Å². The SMILES string of the molecule is Cc1cccc(C(=O)CP(=O)(c2ccccc2)c2ccccc2)c1. The topological polar surface area (TPSA) is 34.1 Å². The molecule has 0 amide bonds. The highest BCUT2D eigenvalue weighted by Gasteiger charge is 2.30. The van der Waals surface area contributed by atoms with Crippen molar-refractivity contribution in [2.45, 2.75) is 6.92 Å². The molecular weight excluding hydrogens is 315 g/mol. The molecular formula is C21H19O2P. The summed E-state index contributed by atoms with van der Waals surface area (Å²) in [5.41, 5.74) is 1.64. The molecule has 0 aliphatic rings. The lowest BCUT2D eigenvalue weighted by molar-refractivity contribution is 0.102. The van der Waals surface area contributed by atoms with Crippen molar-refractivity contribution >= 4 is 23.5 Å². The maximum Gasteiger partial charge on any atom is 0.170 e. The first-order valence-electron chi connectivity index (χ1n) is 7.90. The van der Waals surface area contributed by atoms with Crippen LogP contribution >= 0.6 is 7.14 Å². The Bertz CT molecular complexity index is 842. The summed E-state index contributed by atoms with van der Waals surface area (Å²) in [5.74, 6) is -0.0882. The molecule has 0 unspecified atom stereocenters. The zero-order chi connectivity index (χ0) is 17.0. The molecule has 3 heteroatoms. The van der Waals surface area contributed by atoms with E-state index in [1.165, 1.54) is 0 Å². The minimum absolute atomic E-state index is 0.00444. The maximum atomic E-state index is 13.9. The number of ketones is 1. The minimum atomic E-state index is -3.01. The zero-order valence-electron chi connectivity index (χ0n) is 13.6. The number of Topliss-reactive ketones (excluding diaryl/α,β-unsaturated/α-hetero) is 1. The van der Waals surface area contributed by atoms with Gasteiger partial charge in [0.15, 0.2) is 12.9 Å². The molecule has 0 aliphatic heterocycles. The number of benzene rings is 3. The number of aryl methyl sites for hydroxylation is 1. The van der Waals surface area contributed by atoms with Gasteiger partial charge in [-0.25, -0.2) is 0 Å². The van der Waals surface area contributed by atoms with E-state index in [9.17, 15) is 9.36 Å². The van der Waals surface area contributed by atoms with E-state index in [2.05, 4.69) is 0 Å². The summed E-state index contributed by atoms with van der Waals surface area (Å²) >= 11 is 0. The van der Waals surface area contributed by atoms with Gasteiger partial charge in [-0.1, -0.05) is 84.4 Å². The molecule has 0 spiro atoms. The lowest BCUT2D eigenvalue weighted by Gasteiger charge is -2.19. The van der Waals surface area contributed by atoms with Crippen LogP contribution in [0.15, 0.2) is 84.9 Å². The van der Waals surface area contributed by atoms with Gasteiger partial charge in [-0.05, 0) is 13.0 Å². The molecule has 0 bridgehead atoms. The fraction of sp³-hybridized carbons (Fsp3) is 0.0952. The molecule has 0 N–H and O–H groups in total. The Balaban J connectivity index is 2.03. The normalized spacial score (nSPS) is 11.2. The molecule has 2 nitrogen and oxygen atoms in total. The van der Waals surface area contributed by atoms with Crippen molar-refractivity contribution in [1.29, 1.82) is 0 Å². The summed E-state index contributed by atoms with van der Waals surface area (Å²) < 4.78 is 13.9. The van der Waals surface area contributed by atoms with Crippen molar-refractivity contribution in [3.8, 4) is 0 Å². The van der Waals surface area contributed by atoms with E-state index in [4.69, 9.17) is 0 Å². The molecule has 0 radical (unpaired) electrons. The fourth-order valence-corrected chi connectivity index (χ4v) is 5.34. The van der Waals surface area contributed by atoms with Crippen LogP contribution in [0.25, 0.3) is 0 Å². The van der Waals surface area contributed by atoms with Crippen molar-refractivity contribution in [2.75, 3.05) is 6.16 Å². The second-order valence-electron chi connectivity index (χ2n) is 5.86. The summed E-state index contributed by atoms with van der Waals surface area (Å²) in [7, 11) is -3.01. The number of carbonyl (C=O) groups excluding carboxylic acids is 1. The number of rotatable bonds is 5. The monoisotopic (exact) mass is 334 g/mol.